The van der Waals surface area contributed by atoms with Crippen molar-refractivity contribution in [2.75, 3.05) is 12.3 Å². The van der Waals surface area contributed by atoms with E-state index in [2.05, 4.69) is 10.3 Å². The number of nitrogens with one attached hydrogen (secondary N) is 1. The van der Waals surface area contributed by atoms with Gasteiger partial charge in [0.2, 0.25) is 0 Å². The Morgan fingerprint density at radius 1 is 1.17 bits per heavy atom. The van der Waals surface area contributed by atoms with Gasteiger partial charge in [0.25, 0.3) is 5.91 Å². The summed E-state index contributed by atoms with van der Waals surface area (Å²) in [6, 6.07) is 13.5. The summed E-state index contributed by atoms with van der Waals surface area (Å²) in [7, 11) is 0. The summed E-state index contributed by atoms with van der Waals surface area (Å²) in [5.74, 6) is -0.430. The van der Waals surface area contributed by atoms with Crippen LogP contribution < -0.4 is 11.1 Å². The zero-order valence-corrected chi connectivity index (χ0v) is 13.6. The number of benzene rings is 2. The maximum atomic E-state index is 13.3. The Kier molecular flexibility index (Phi) is 4.86. The zero-order chi connectivity index (χ0) is 16.9. The Bertz CT molecular complexity index is 845. The highest BCUT2D eigenvalue weighted by atomic mass is 32.1. The fourth-order valence-corrected chi connectivity index (χ4v) is 2.92. The van der Waals surface area contributed by atoms with Gasteiger partial charge < -0.3 is 11.1 Å². The Labute approximate surface area is 143 Å². The number of halogens is 1. The van der Waals surface area contributed by atoms with E-state index in [9.17, 15) is 9.18 Å². The minimum atomic E-state index is -0.281. The molecule has 122 valence electrons. The fourth-order valence-electron chi connectivity index (χ4n) is 2.33. The van der Waals surface area contributed by atoms with Crippen LogP contribution in [0.4, 0.5) is 9.52 Å². The summed E-state index contributed by atoms with van der Waals surface area (Å²) in [5, 5.41) is 5.27. The Balaban J connectivity index is 1.59. The second kappa shape index (κ2) is 7.23. The first kappa shape index (κ1) is 16.1. The molecule has 2 aromatic carbocycles. The van der Waals surface area contributed by atoms with Crippen molar-refractivity contribution in [3.63, 3.8) is 0 Å². The predicted octanol–water partition coefficient (Wildman–Crippen LogP) is 3.50. The van der Waals surface area contributed by atoms with Gasteiger partial charge in [-0.15, -0.1) is 11.3 Å². The number of thiazole rings is 1. The van der Waals surface area contributed by atoms with Crippen LogP contribution in [0.1, 0.15) is 16.1 Å². The number of anilines is 1. The molecule has 1 amide bonds. The Morgan fingerprint density at radius 3 is 2.62 bits per heavy atom. The lowest BCUT2D eigenvalue weighted by Crippen LogP contribution is -2.25. The van der Waals surface area contributed by atoms with Gasteiger partial charge in [0.05, 0.1) is 5.69 Å². The molecular formula is C18H16FN3OS. The lowest BCUT2D eigenvalue weighted by atomic mass is 10.0. The van der Waals surface area contributed by atoms with Crippen molar-refractivity contribution < 1.29 is 9.18 Å². The molecule has 0 aliphatic rings. The summed E-state index contributed by atoms with van der Waals surface area (Å²) < 4.78 is 13.3. The van der Waals surface area contributed by atoms with Crippen LogP contribution in [0.5, 0.6) is 0 Å². The van der Waals surface area contributed by atoms with Crippen LogP contribution in [0.2, 0.25) is 0 Å². The van der Waals surface area contributed by atoms with Crippen LogP contribution in [-0.4, -0.2) is 17.4 Å². The smallest absolute Gasteiger partial charge is 0.251 e. The van der Waals surface area contributed by atoms with Crippen LogP contribution in [0.3, 0.4) is 0 Å². The highest BCUT2D eigenvalue weighted by molar-refractivity contribution is 7.13. The molecule has 0 bridgehead atoms. The van der Waals surface area contributed by atoms with Crippen molar-refractivity contribution in [2.45, 2.75) is 6.42 Å². The summed E-state index contributed by atoms with van der Waals surface area (Å²) in [5.41, 5.74) is 8.65. The van der Waals surface area contributed by atoms with Gasteiger partial charge in [-0.1, -0.05) is 24.3 Å². The van der Waals surface area contributed by atoms with Gasteiger partial charge in [-0.25, -0.2) is 9.37 Å². The molecule has 0 radical (unpaired) electrons. The molecule has 0 saturated carbocycles. The molecule has 0 fully saturated rings. The average Bonchev–Trinajstić information content (AvgIpc) is 3.00. The van der Waals surface area contributed by atoms with Crippen molar-refractivity contribution >= 4 is 22.4 Å². The predicted molar refractivity (Wildman–Crippen MR) is 94.4 cm³/mol. The molecule has 4 nitrogen and oxygen atoms in total. The molecule has 3 aromatic rings. The third kappa shape index (κ3) is 3.97. The first-order valence-electron chi connectivity index (χ1n) is 7.46. The summed E-state index contributed by atoms with van der Waals surface area (Å²) >= 11 is 1.39. The van der Waals surface area contributed by atoms with E-state index in [0.29, 0.717) is 23.7 Å². The second-order valence-electron chi connectivity index (χ2n) is 5.27. The van der Waals surface area contributed by atoms with Gasteiger partial charge in [-0.05, 0) is 35.4 Å². The number of amides is 1. The largest absolute Gasteiger partial charge is 0.375 e. The molecule has 3 N–H and O–H groups in total. The van der Waals surface area contributed by atoms with E-state index in [1.54, 1.807) is 18.2 Å². The van der Waals surface area contributed by atoms with E-state index in [1.165, 1.54) is 23.5 Å². The quantitative estimate of drug-likeness (QED) is 0.746. The van der Waals surface area contributed by atoms with Crippen molar-refractivity contribution in [1.82, 2.24) is 10.3 Å². The molecule has 0 atom stereocenters. The number of carbonyl (C=O) groups excluding carboxylic acids is 1. The standard InChI is InChI=1S/C18H16FN3OS/c19-15-3-1-2-14(10-15)12-4-6-13(7-5-12)17(23)21-9-8-16-11-24-18(20)22-16/h1-7,10-11H,8-9H2,(H2,20,22)(H,21,23). The van der Waals surface area contributed by atoms with Gasteiger partial charge in [0.15, 0.2) is 5.13 Å². The number of carbonyl (C=O) groups is 1. The highest BCUT2D eigenvalue weighted by Gasteiger charge is 2.07. The van der Waals surface area contributed by atoms with E-state index in [1.807, 2.05) is 23.6 Å². The van der Waals surface area contributed by atoms with Gasteiger partial charge >= 0.3 is 0 Å². The lowest BCUT2D eigenvalue weighted by Gasteiger charge is -2.06. The Morgan fingerprint density at radius 2 is 1.96 bits per heavy atom. The number of nitrogens with zero attached hydrogens (tertiary/aromatic N) is 1. The molecule has 3 rings (SSSR count). The number of hydrogen-bond donors (Lipinski definition) is 2. The number of nitrogen functional groups attached to an aromatic ring is 1. The van der Waals surface area contributed by atoms with Crippen molar-refractivity contribution in [1.29, 1.82) is 0 Å². The topological polar surface area (TPSA) is 68.0 Å². The van der Waals surface area contributed by atoms with Crippen LogP contribution in [0.25, 0.3) is 11.1 Å². The third-order valence-corrected chi connectivity index (χ3v) is 4.26. The summed E-state index contributed by atoms with van der Waals surface area (Å²) in [6.07, 6.45) is 0.640. The molecular weight excluding hydrogens is 325 g/mol. The lowest BCUT2D eigenvalue weighted by molar-refractivity contribution is 0.0954. The van der Waals surface area contributed by atoms with Gasteiger partial charge in [0.1, 0.15) is 5.82 Å². The zero-order valence-electron chi connectivity index (χ0n) is 12.8. The maximum absolute atomic E-state index is 13.3. The maximum Gasteiger partial charge on any atom is 0.251 e. The van der Waals surface area contributed by atoms with Crippen LogP contribution in [0.15, 0.2) is 53.9 Å². The van der Waals surface area contributed by atoms with Crippen LogP contribution >= 0.6 is 11.3 Å². The molecule has 24 heavy (non-hydrogen) atoms. The van der Waals surface area contributed by atoms with E-state index in [-0.39, 0.29) is 11.7 Å². The highest BCUT2D eigenvalue weighted by Crippen LogP contribution is 2.20. The Hall–Kier alpha value is -2.73. The molecule has 0 spiro atoms. The molecule has 0 saturated heterocycles. The first-order chi connectivity index (χ1) is 11.6. The van der Waals surface area contributed by atoms with E-state index in [0.717, 1.165) is 16.8 Å². The summed E-state index contributed by atoms with van der Waals surface area (Å²) in [4.78, 5) is 16.3. The molecule has 0 unspecified atom stereocenters. The van der Waals surface area contributed by atoms with E-state index >= 15 is 0 Å². The second-order valence-corrected chi connectivity index (χ2v) is 6.16. The van der Waals surface area contributed by atoms with E-state index in [4.69, 9.17) is 5.73 Å². The first-order valence-corrected chi connectivity index (χ1v) is 8.34. The molecule has 1 aromatic heterocycles. The van der Waals surface area contributed by atoms with Crippen molar-refractivity contribution in [2.24, 2.45) is 0 Å². The number of nitrogens with two attached hydrogens (primary N) is 1. The SMILES string of the molecule is Nc1nc(CCNC(=O)c2ccc(-c3cccc(F)c3)cc2)cs1. The molecule has 0 aliphatic heterocycles. The normalized spacial score (nSPS) is 10.5. The monoisotopic (exact) mass is 341 g/mol. The molecule has 1 heterocycles. The third-order valence-electron chi connectivity index (χ3n) is 3.54. The molecule has 0 aliphatic carbocycles. The molecule has 6 heteroatoms. The fraction of sp³-hybridized carbons (Fsp3) is 0.111. The van der Waals surface area contributed by atoms with Gasteiger partial charge in [-0.2, -0.15) is 0 Å². The van der Waals surface area contributed by atoms with E-state index < -0.39 is 0 Å². The minimum absolute atomic E-state index is 0.149. The van der Waals surface area contributed by atoms with Crippen LogP contribution in [-0.2, 0) is 6.42 Å². The number of rotatable bonds is 5. The van der Waals surface area contributed by atoms with Gasteiger partial charge in [-0.3, -0.25) is 4.79 Å². The number of aromatic nitrogens is 1. The average molecular weight is 341 g/mol. The van der Waals surface area contributed by atoms with Gasteiger partial charge in [0, 0.05) is 23.9 Å². The summed E-state index contributed by atoms with van der Waals surface area (Å²) in [6.45, 7) is 0.494. The van der Waals surface area contributed by atoms with Crippen molar-refractivity contribution in [3.8, 4) is 11.1 Å². The van der Waals surface area contributed by atoms with Crippen molar-refractivity contribution in [3.05, 3.63) is 71.0 Å². The van der Waals surface area contributed by atoms with Crippen LogP contribution in [0, 0.1) is 5.82 Å². The minimum Gasteiger partial charge on any atom is -0.375 e. The number of hydrogen-bond acceptors (Lipinski definition) is 4.